The second-order valence-corrected chi connectivity index (χ2v) is 6.66. The number of anilines is 1. The number of nitrogens with one attached hydrogen (secondary N) is 1. The quantitative estimate of drug-likeness (QED) is 0.800. The van der Waals surface area contributed by atoms with Crippen molar-refractivity contribution < 1.29 is 4.79 Å². The van der Waals surface area contributed by atoms with Crippen molar-refractivity contribution in [3.63, 3.8) is 0 Å². The first-order valence-corrected chi connectivity index (χ1v) is 7.42. The number of likely N-dealkylation sites (tertiary alicyclic amines) is 1. The number of nitrogens with zero attached hydrogens (tertiary/aromatic N) is 3. The number of allylic oxidation sites excluding steroid dienone is 2. The van der Waals surface area contributed by atoms with Crippen LogP contribution in [0.2, 0.25) is 0 Å². The fourth-order valence-electron chi connectivity index (χ4n) is 4.13. The number of carbonyl (C=O) groups is 1. The maximum absolute atomic E-state index is 12.3. The Hall–Kier alpha value is -1.43. The molecule has 100 valence electrons. The van der Waals surface area contributed by atoms with Gasteiger partial charge in [-0.15, -0.1) is 0 Å². The standard InChI is InChI=1S/C13H16N4OS/c1-13-7-17(12(18)15-11-5-14-19-16-11)6-10(13)8-2-3-9(13)4-8/h2-3,5,8-10H,4,6-7H2,1H3,(H,15,16,18)/t8-,9+,10-,13+/m0/s1. The Bertz CT molecular complexity index is 543. The molecule has 2 bridgehead atoms. The van der Waals surface area contributed by atoms with Crippen LogP contribution in [0.4, 0.5) is 10.6 Å². The Labute approximate surface area is 116 Å². The SMILES string of the molecule is C[C@]12CN(C(=O)Nc3cnsn3)C[C@H]1[C@H]1C=C[C@@H]2C1. The molecule has 1 N–H and O–H groups in total. The fraction of sp³-hybridized carbons (Fsp3) is 0.615. The lowest BCUT2D eigenvalue weighted by Crippen LogP contribution is -2.36. The third-order valence-corrected chi connectivity index (χ3v) is 5.64. The predicted octanol–water partition coefficient (Wildman–Crippen LogP) is 2.21. The average molecular weight is 276 g/mol. The molecule has 6 heteroatoms. The van der Waals surface area contributed by atoms with E-state index in [2.05, 4.69) is 33.1 Å². The molecule has 2 aliphatic carbocycles. The minimum Gasteiger partial charge on any atom is -0.324 e. The van der Waals surface area contributed by atoms with E-state index in [0.29, 0.717) is 23.6 Å². The lowest BCUT2D eigenvalue weighted by Gasteiger charge is -2.31. The molecule has 4 atom stereocenters. The minimum atomic E-state index is -0.0391. The van der Waals surface area contributed by atoms with E-state index in [1.807, 2.05) is 4.90 Å². The topological polar surface area (TPSA) is 58.1 Å². The zero-order valence-corrected chi connectivity index (χ0v) is 11.6. The van der Waals surface area contributed by atoms with Crippen molar-refractivity contribution >= 4 is 23.6 Å². The van der Waals surface area contributed by atoms with Crippen molar-refractivity contribution in [3.8, 4) is 0 Å². The summed E-state index contributed by atoms with van der Waals surface area (Å²) in [5.74, 6) is 2.51. The van der Waals surface area contributed by atoms with Crippen LogP contribution in [0, 0.1) is 23.2 Å². The van der Waals surface area contributed by atoms with E-state index in [4.69, 9.17) is 0 Å². The number of fused-ring (bicyclic) bond motifs is 5. The van der Waals surface area contributed by atoms with Gasteiger partial charge in [0.2, 0.25) is 0 Å². The van der Waals surface area contributed by atoms with Crippen LogP contribution in [-0.4, -0.2) is 32.8 Å². The van der Waals surface area contributed by atoms with E-state index in [9.17, 15) is 4.79 Å². The maximum Gasteiger partial charge on any atom is 0.323 e. The highest BCUT2D eigenvalue weighted by Gasteiger charge is 2.58. The van der Waals surface area contributed by atoms with Gasteiger partial charge >= 0.3 is 6.03 Å². The van der Waals surface area contributed by atoms with E-state index in [0.717, 1.165) is 24.8 Å². The lowest BCUT2D eigenvalue weighted by molar-refractivity contribution is 0.203. The highest BCUT2D eigenvalue weighted by molar-refractivity contribution is 6.99. The zero-order chi connectivity index (χ0) is 13.0. The predicted molar refractivity (Wildman–Crippen MR) is 72.8 cm³/mol. The molecule has 0 unspecified atom stereocenters. The van der Waals surface area contributed by atoms with E-state index in [1.165, 1.54) is 6.42 Å². The average Bonchev–Trinajstić information content (AvgIpc) is 3.08. The maximum atomic E-state index is 12.3. The number of hydrogen-bond donors (Lipinski definition) is 1. The molecule has 5 nitrogen and oxygen atoms in total. The Kier molecular flexibility index (Phi) is 2.27. The summed E-state index contributed by atoms with van der Waals surface area (Å²) < 4.78 is 7.91. The van der Waals surface area contributed by atoms with Gasteiger partial charge in [0.15, 0.2) is 5.82 Å². The Morgan fingerprint density at radius 2 is 2.47 bits per heavy atom. The summed E-state index contributed by atoms with van der Waals surface area (Å²) in [5.41, 5.74) is 0.275. The number of urea groups is 1. The summed E-state index contributed by atoms with van der Waals surface area (Å²) in [6.45, 7) is 4.06. The lowest BCUT2D eigenvalue weighted by atomic mass is 9.72. The molecule has 1 aromatic rings. The summed E-state index contributed by atoms with van der Waals surface area (Å²) in [6, 6.07) is -0.0391. The zero-order valence-electron chi connectivity index (χ0n) is 10.7. The van der Waals surface area contributed by atoms with Gasteiger partial charge in [-0.05, 0) is 29.6 Å². The van der Waals surface area contributed by atoms with Gasteiger partial charge in [-0.3, -0.25) is 5.32 Å². The van der Waals surface area contributed by atoms with Crippen LogP contribution < -0.4 is 5.32 Å². The number of carbonyl (C=O) groups excluding carboxylic acids is 1. The monoisotopic (exact) mass is 276 g/mol. The van der Waals surface area contributed by atoms with Crippen molar-refractivity contribution in [2.45, 2.75) is 13.3 Å². The molecule has 2 heterocycles. The first-order chi connectivity index (χ1) is 9.17. The summed E-state index contributed by atoms with van der Waals surface area (Å²) in [7, 11) is 0. The molecule has 1 aliphatic heterocycles. The molecule has 1 saturated heterocycles. The minimum absolute atomic E-state index is 0.0391. The van der Waals surface area contributed by atoms with Crippen LogP contribution in [0.5, 0.6) is 0 Å². The molecule has 0 spiro atoms. The number of aromatic nitrogens is 2. The molecule has 19 heavy (non-hydrogen) atoms. The molecule has 1 aromatic heterocycles. The summed E-state index contributed by atoms with van der Waals surface area (Å²) in [6.07, 6.45) is 7.58. The number of hydrogen-bond acceptors (Lipinski definition) is 4. The van der Waals surface area contributed by atoms with Gasteiger partial charge < -0.3 is 4.90 Å². The summed E-state index contributed by atoms with van der Waals surface area (Å²) in [4.78, 5) is 14.2. The number of amides is 2. The Morgan fingerprint density at radius 3 is 3.21 bits per heavy atom. The van der Waals surface area contributed by atoms with Crippen molar-refractivity contribution in [3.05, 3.63) is 18.3 Å². The normalized spacial score (nSPS) is 38.8. The Balaban J connectivity index is 1.50. The third-order valence-electron chi connectivity index (χ3n) is 5.16. The second-order valence-electron chi connectivity index (χ2n) is 6.11. The molecule has 0 aromatic carbocycles. The van der Waals surface area contributed by atoms with E-state index >= 15 is 0 Å². The van der Waals surface area contributed by atoms with Gasteiger partial charge in [0.05, 0.1) is 17.9 Å². The molecule has 1 saturated carbocycles. The van der Waals surface area contributed by atoms with Crippen LogP contribution in [-0.2, 0) is 0 Å². The van der Waals surface area contributed by atoms with Gasteiger partial charge in [0.1, 0.15) is 0 Å². The molecule has 3 aliphatic rings. The van der Waals surface area contributed by atoms with Crippen molar-refractivity contribution in [2.24, 2.45) is 23.2 Å². The van der Waals surface area contributed by atoms with Crippen molar-refractivity contribution in [2.75, 3.05) is 18.4 Å². The van der Waals surface area contributed by atoms with Crippen molar-refractivity contribution in [1.82, 2.24) is 13.6 Å². The van der Waals surface area contributed by atoms with Crippen LogP contribution >= 0.6 is 11.7 Å². The van der Waals surface area contributed by atoms with Gasteiger partial charge in [-0.1, -0.05) is 19.1 Å². The van der Waals surface area contributed by atoms with Gasteiger partial charge in [-0.25, -0.2) is 4.79 Å². The molecular formula is C13H16N4OS. The van der Waals surface area contributed by atoms with Crippen LogP contribution in [0.1, 0.15) is 13.3 Å². The molecule has 4 rings (SSSR count). The second kappa shape index (κ2) is 3.79. The largest absolute Gasteiger partial charge is 0.324 e. The van der Waals surface area contributed by atoms with Crippen LogP contribution in [0.15, 0.2) is 18.3 Å². The smallest absolute Gasteiger partial charge is 0.323 e. The van der Waals surface area contributed by atoms with Gasteiger partial charge in [0, 0.05) is 13.1 Å². The van der Waals surface area contributed by atoms with Crippen LogP contribution in [0.3, 0.4) is 0 Å². The summed E-state index contributed by atoms with van der Waals surface area (Å²) in [5, 5.41) is 2.82. The molecule has 2 amide bonds. The van der Waals surface area contributed by atoms with E-state index in [1.54, 1.807) is 6.20 Å². The Morgan fingerprint density at radius 1 is 1.58 bits per heavy atom. The van der Waals surface area contributed by atoms with Gasteiger partial charge in [-0.2, -0.15) is 8.75 Å². The highest BCUT2D eigenvalue weighted by Crippen LogP contribution is 2.59. The fourth-order valence-corrected chi connectivity index (χ4v) is 4.51. The third kappa shape index (κ3) is 1.55. The van der Waals surface area contributed by atoms with E-state index < -0.39 is 0 Å². The van der Waals surface area contributed by atoms with Crippen molar-refractivity contribution in [1.29, 1.82) is 0 Å². The van der Waals surface area contributed by atoms with E-state index in [-0.39, 0.29) is 11.4 Å². The van der Waals surface area contributed by atoms with Crippen LogP contribution in [0.25, 0.3) is 0 Å². The molecule has 2 fully saturated rings. The summed E-state index contributed by atoms with van der Waals surface area (Å²) >= 11 is 1.11. The first-order valence-electron chi connectivity index (χ1n) is 6.68. The molecule has 0 radical (unpaired) electrons. The number of rotatable bonds is 1. The first kappa shape index (κ1) is 11.4. The van der Waals surface area contributed by atoms with Gasteiger partial charge in [0.25, 0.3) is 0 Å². The highest BCUT2D eigenvalue weighted by atomic mass is 32.1. The molecular weight excluding hydrogens is 260 g/mol.